The van der Waals surface area contributed by atoms with E-state index < -0.39 is 0 Å². The second kappa shape index (κ2) is 6.58. The van der Waals surface area contributed by atoms with Crippen molar-refractivity contribution >= 4 is 5.91 Å². The second-order valence-electron chi connectivity index (χ2n) is 5.91. The summed E-state index contributed by atoms with van der Waals surface area (Å²) < 4.78 is 5.86. The van der Waals surface area contributed by atoms with Gasteiger partial charge in [0.2, 0.25) is 0 Å². The van der Waals surface area contributed by atoms with Crippen LogP contribution in [-0.2, 0) is 12.8 Å². The molecule has 0 saturated heterocycles. The Labute approximate surface area is 136 Å². The molecule has 2 aromatic heterocycles. The van der Waals surface area contributed by atoms with Crippen molar-refractivity contribution in [2.45, 2.75) is 33.6 Å². The van der Waals surface area contributed by atoms with Crippen molar-refractivity contribution < 1.29 is 9.21 Å². The van der Waals surface area contributed by atoms with Crippen molar-refractivity contribution in [3.8, 4) is 11.3 Å². The van der Waals surface area contributed by atoms with E-state index in [1.165, 1.54) is 5.56 Å². The number of carbonyl (C=O) groups is 1. The summed E-state index contributed by atoms with van der Waals surface area (Å²) in [7, 11) is 0. The predicted octanol–water partition coefficient (Wildman–Crippen LogP) is 2.15. The number of nitrogens with zero attached hydrogens (tertiary/aromatic N) is 2. The van der Waals surface area contributed by atoms with E-state index in [4.69, 9.17) is 4.42 Å². The van der Waals surface area contributed by atoms with Crippen molar-refractivity contribution in [1.82, 2.24) is 20.4 Å². The summed E-state index contributed by atoms with van der Waals surface area (Å²) in [4.78, 5) is 14.7. The molecule has 3 rings (SSSR count). The topological polar surface area (TPSA) is 74.2 Å². The molecular weight excluding hydrogens is 292 g/mol. The van der Waals surface area contributed by atoms with Crippen LogP contribution in [0, 0.1) is 6.92 Å². The number of rotatable bonds is 6. The van der Waals surface area contributed by atoms with Crippen LogP contribution < -0.4 is 5.32 Å². The number of aromatic nitrogens is 2. The van der Waals surface area contributed by atoms with E-state index in [1.807, 2.05) is 13.1 Å². The molecule has 1 aliphatic carbocycles. The maximum absolute atomic E-state index is 12.4. The molecule has 1 aliphatic rings. The van der Waals surface area contributed by atoms with Gasteiger partial charge in [0.15, 0.2) is 5.76 Å². The molecule has 0 atom stereocenters. The van der Waals surface area contributed by atoms with Crippen LogP contribution in [0.25, 0.3) is 11.3 Å². The Morgan fingerprint density at radius 1 is 1.39 bits per heavy atom. The first kappa shape index (κ1) is 15.8. The molecule has 6 nitrogen and oxygen atoms in total. The van der Waals surface area contributed by atoms with Crippen LogP contribution in [-0.4, -0.2) is 47.2 Å². The Balaban J connectivity index is 1.74. The zero-order valence-electron chi connectivity index (χ0n) is 14.0. The average molecular weight is 316 g/mol. The molecule has 1 amide bonds. The van der Waals surface area contributed by atoms with Crippen LogP contribution in [0.3, 0.4) is 0 Å². The van der Waals surface area contributed by atoms with Crippen LogP contribution in [0.15, 0.2) is 10.6 Å². The van der Waals surface area contributed by atoms with E-state index in [0.29, 0.717) is 12.3 Å². The number of H-pyrrole nitrogens is 1. The third-order valence-corrected chi connectivity index (χ3v) is 4.62. The maximum atomic E-state index is 12.4. The first-order valence-electron chi connectivity index (χ1n) is 8.31. The van der Waals surface area contributed by atoms with Gasteiger partial charge in [0, 0.05) is 30.6 Å². The van der Waals surface area contributed by atoms with E-state index in [2.05, 4.69) is 34.3 Å². The van der Waals surface area contributed by atoms with Gasteiger partial charge in [-0.15, -0.1) is 0 Å². The number of hydrogen-bond donors (Lipinski definition) is 2. The van der Waals surface area contributed by atoms with Gasteiger partial charge < -0.3 is 14.6 Å². The minimum Gasteiger partial charge on any atom is -0.455 e. The number of nitrogens with one attached hydrogen (secondary N) is 2. The highest BCUT2D eigenvalue weighted by Gasteiger charge is 2.28. The fourth-order valence-corrected chi connectivity index (χ4v) is 3.21. The van der Waals surface area contributed by atoms with Crippen LogP contribution in [0.4, 0.5) is 0 Å². The molecule has 0 bridgehead atoms. The number of likely N-dealkylation sites (N-methyl/N-ethyl adjacent to an activating group) is 1. The number of aromatic amines is 1. The summed E-state index contributed by atoms with van der Waals surface area (Å²) in [5.74, 6) is 1.18. The Hall–Kier alpha value is -2.08. The molecule has 23 heavy (non-hydrogen) atoms. The SMILES string of the molecule is CCN(CC)CCNC(=O)c1oc2c(c1C)-c1[nH]ncc1CC2. The molecule has 124 valence electrons. The minimum atomic E-state index is -0.134. The average Bonchev–Trinajstić information content (AvgIpc) is 3.15. The van der Waals surface area contributed by atoms with E-state index in [-0.39, 0.29) is 5.91 Å². The molecule has 0 saturated carbocycles. The zero-order chi connectivity index (χ0) is 16.4. The fraction of sp³-hybridized carbons (Fsp3) is 0.529. The maximum Gasteiger partial charge on any atom is 0.287 e. The third-order valence-electron chi connectivity index (χ3n) is 4.62. The summed E-state index contributed by atoms with van der Waals surface area (Å²) in [5, 5.41) is 10.1. The number of amides is 1. The molecule has 6 heteroatoms. The largest absolute Gasteiger partial charge is 0.455 e. The first-order chi connectivity index (χ1) is 11.2. The molecular formula is C17H24N4O2. The summed E-state index contributed by atoms with van der Waals surface area (Å²) in [6.07, 6.45) is 3.57. The monoisotopic (exact) mass is 316 g/mol. The van der Waals surface area contributed by atoms with E-state index >= 15 is 0 Å². The Morgan fingerprint density at radius 3 is 2.91 bits per heavy atom. The van der Waals surface area contributed by atoms with Gasteiger partial charge in [-0.05, 0) is 32.0 Å². The first-order valence-corrected chi connectivity index (χ1v) is 8.31. The van der Waals surface area contributed by atoms with Crippen molar-refractivity contribution in [3.05, 3.63) is 28.8 Å². The standard InChI is InChI=1S/C17H24N4O2/c1-4-21(5-2)9-8-18-17(22)16-11(3)14-13(23-16)7-6-12-10-19-20-15(12)14/h10H,4-9H2,1-3H3,(H,18,22)(H,19,20). The van der Waals surface area contributed by atoms with Gasteiger partial charge in [0.05, 0.1) is 11.9 Å². The normalized spacial score (nSPS) is 13.0. The number of carbonyl (C=O) groups excluding carboxylic acids is 1. The summed E-state index contributed by atoms with van der Waals surface area (Å²) in [6.45, 7) is 9.64. The van der Waals surface area contributed by atoms with E-state index in [9.17, 15) is 4.79 Å². The second-order valence-corrected chi connectivity index (χ2v) is 5.91. The van der Waals surface area contributed by atoms with Crippen LogP contribution >= 0.6 is 0 Å². The van der Waals surface area contributed by atoms with E-state index in [0.717, 1.165) is 55.1 Å². The molecule has 0 aromatic carbocycles. The lowest BCUT2D eigenvalue weighted by molar-refractivity contribution is 0.0918. The molecule has 0 aliphatic heterocycles. The highest BCUT2D eigenvalue weighted by Crippen LogP contribution is 2.37. The molecule has 0 spiro atoms. The lowest BCUT2D eigenvalue weighted by Crippen LogP contribution is -2.34. The van der Waals surface area contributed by atoms with Gasteiger partial charge >= 0.3 is 0 Å². The lowest BCUT2D eigenvalue weighted by atomic mass is 9.93. The fourth-order valence-electron chi connectivity index (χ4n) is 3.21. The summed E-state index contributed by atoms with van der Waals surface area (Å²) in [5.41, 5.74) is 4.09. The molecule has 0 unspecified atom stereocenters. The van der Waals surface area contributed by atoms with Crippen molar-refractivity contribution in [3.63, 3.8) is 0 Å². The summed E-state index contributed by atoms with van der Waals surface area (Å²) in [6, 6.07) is 0. The number of fused-ring (bicyclic) bond motifs is 3. The zero-order valence-corrected chi connectivity index (χ0v) is 14.0. The summed E-state index contributed by atoms with van der Waals surface area (Å²) >= 11 is 0. The van der Waals surface area contributed by atoms with Crippen molar-refractivity contribution in [2.75, 3.05) is 26.2 Å². The number of hydrogen-bond acceptors (Lipinski definition) is 4. The van der Waals surface area contributed by atoms with Crippen LogP contribution in [0.2, 0.25) is 0 Å². The molecule has 2 N–H and O–H groups in total. The highest BCUT2D eigenvalue weighted by atomic mass is 16.4. The molecule has 0 radical (unpaired) electrons. The lowest BCUT2D eigenvalue weighted by Gasteiger charge is -2.17. The van der Waals surface area contributed by atoms with Gasteiger partial charge in [-0.1, -0.05) is 13.8 Å². The van der Waals surface area contributed by atoms with Gasteiger partial charge in [-0.2, -0.15) is 5.10 Å². The van der Waals surface area contributed by atoms with Gasteiger partial charge in [0.25, 0.3) is 5.91 Å². The highest BCUT2D eigenvalue weighted by molar-refractivity contribution is 5.95. The molecule has 2 aromatic rings. The molecule has 0 fully saturated rings. The third kappa shape index (κ3) is 2.91. The molecule has 2 heterocycles. The minimum absolute atomic E-state index is 0.134. The quantitative estimate of drug-likeness (QED) is 0.856. The van der Waals surface area contributed by atoms with Crippen LogP contribution in [0.5, 0.6) is 0 Å². The van der Waals surface area contributed by atoms with Gasteiger partial charge in [-0.25, -0.2) is 0 Å². The van der Waals surface area contributed by atoms with Crippen molar-refractivity contribution in [1.29, 1.82) is 0 Å². The van der Waals surface area contributed by atoms with E-state index in [1.54, 1.807) is 0 Å². The van der Waals surface area contributed by atoms with Gasteiger partial charge in [-0.3, -0.25) is 9.89 Å². The Bertz CT molecular complexity index is 698. The number of furan rings is 1. The van der Waals surface area contributed by atoms with Crippen molar-refractivity contribution in [2.24, 2.45) is 0 Å². The van der Waals surface area contributed by atoms with Gasteiger partial charge in [0.1, 0.15) is 5.76 Å². The predicted molar refractivity (Wildman–Crippen MR) is 88.6 cm³/mol. The Kier molecular flexibility index (Phi) is 4.52. The number of aryl methyl sites for hydroxylation is 2. The smallest absolute Gasteiger partial charge is 0.287 e. The van der Waals surface area contributed by atoms with Crippen LogP contribution in [0.1, 0.15) is 41.3 Å². The Morgan fingerprint density at radius 2 is 2.17 bits per heavy atom.